The number of hydrogen-bond donors (Lipinski definition) is 0. The van der Waals surface area contributed by atoms with Gasteiger partial charge in [0.05, 0.1) is 10.9 Å². The van der Waals surface area contributed by atoms with E-state index in [0.29, 0.717) is 33.6 Å². The third-order valence-corrected chi connectivity index (χ3v) is 3.84. The molecule has 1 heterocycles. The Labute approximate surface area is 135 Å². The predicted molar refractivity (Wildman–Crippen MR) is 90.2 cm³/mol. The first-order valence-corrected chi connectivity index (χ1v) is 8.02. The highest BCUT2D eigenvalue weighted by atomic mass is 79.9. The average molecular weight is 364 g/mol. The van der Waals surface area contributed by atoms with Crippen molar-refractivity contribution in [3.05, 3.63) is 63.9 Å². The number of nitrogens with zero attached hydrogens (tertiary/aromatic N) is 2. The zero-order chi connectivity index (χ0) is 14.8. The van der Waals surface area contributed by atoms with Crippen LogP contribution in [0.5, 0.6) is 0 Å². The zero-order valence-electron chi connectivity index (χ0n) is 11.1. The Bertz CT molecular complexity index is 860. The summed E-state index contributed by atoms with van der Waals surface area (Å²) in [4.78, 5) is 17.3. The van der Waals surface area contributed by atoms with Crippen LogP contribution in [0.4, 0.5) is 0 Å². The van der Waals surface area contributed by atoms with Crippen molar-refractivity contribution in [1.29, 1.82) is 0 Å². The highest BCUT2D eigenvalue weighted by molar-refractivity contribution is 9.09. The van der Waals surface area contributed by atoms with E-state index >= 15 is 0 Å². The summed E-state index contributed by atoms with van der Waals surface area (Å²) in [6, 6.07) is 14.8. The average Bonchev–Trinajstić information content (AvgIpc) is 2.50. The monoisotopic (exact) mass is 362 g/mol. The van der Waals surface area contributed by atoms with E-state index in [1.54, 1.807) is 16.7 Å². The summed E-state index contributed by atoms with van der Waals surface area (Å²) in [5.74, 6) is 0.639. The van der Waals surface area contributed by atoms with Gasteiger partial charge in [-0.15, -0.1) is 0 Å². The van der Waals surface area contributed by atoms with E-state index in [2.05, 4.69) is 20.9 Å². The van der Waals surface area contributed by atoms with Gasteiger partial charge in [-0.1, -0.05) is 51.8 Å². The summed E-state index contributed by atoms with van der Waals surface area (Å²) in [6.45, 7) is 0.554. The second-order valence-electron chi connectivity index (χ2n) is 4.61. The summed E-state index contributed by atoms with van der Waals surface area (Å²) < 4.78 is 1.68. The number of alkyl halides is 1. The molecular formula is C16H12BrClN2O. The van der Waals surface area contributed by atoms with Crippen LogP contribution in [0.25, 0.3) is 22.3 Å². The molecule has 3 rings (SSSR count). The third kappa shape index (κ3) is 2.74. The van der Waals surface area contributed by atoms with Crippen LogP contribution in [0, 0.1) is 0 Å². The van der Waals surface area contributed by atoms with Crippen LogP contribution >= 0.6 is 27.5 Å². The van der Waals surface area contributed by atoms with E-state index in [1.165, 1.54) is 0 Å². The highest BCUT2D eigenvalue weighted by Gasteiger charge is 2.12. The fourth-order valence-corrected chi connectivity index (χ4v) is 2.85. The van der Waals surface area contributed by atoms with Crippen molar-refractivity contribution in [1.82, 2.24) is 9.55 Å². The molecule has 0 spiro atoms. The summed E-state index contributed by atoms with van der Waals surface area (Å²) >= 11 is 9.45. The number of rotatable bonds is 3. The van der Waals surface area contributed by atoms with Crippen LogP contribution in [-0.2, 0) is 6.54 Å². The number of hydrogen-bond acceptors (Lipinski definition) is 2. The molecule has 0 radical (unpaired) electrons. The maximum absolute atomic E-state index is 12.7. The number of halogens is 2. The Morgan fingerprint density at radius 1 is 1.14 bits per heavy atom. The molecule has 0 amide bonds. The maximum Gasteiger partial charge on any atom is 0.261 e. The molecule has 1 aromatic heterocycles. The van der Waals surface area contributed by atoms with Gasteiger partial charge in [-0.3, -0.25) is 9.36 Å². The van der Waals surface area contributed by atoms with E-state index in [9.17, 15) is 4.79 Å². The second kappa shape index (κ2) is 6.00. The molecule has 2 aromatic carbocycles. The summed E-state index contributed by atoms with van der Waals surface area (Å²) in [7, 11) is 0. The van der Waals surface area contributed by atoms with Gasteiger partial charge in [0.15, 0.2) is 0 Å². The largest absolute Gasteiger partial charge is 0.291 e. The highest BCUT2D eigenvalue weighted by Crippen LogP contribution is 2.22. The van der Waals surface area contributed by atoms with Crippen molar-refractivity contribution in [2.24, 2.45) is 0 Å². The number of para-hydroxylation sites is 1. The SMILES string of the molecule is O=c1c2ccccc2nc(-c2cccc(Cl)c2)n1CCBr. The summed E-state index contributed by atoms with van der Waals surface area (Å²) in [5.41, 5.74) is 1.50. The fraction of sp³-hybridized carbons (Fsp3) is 0.125. The van der Waals surface area contributed by atoms with E-state index < -0.39 is 0 Å². The lowest BCUT2D eigenvalue weighted by atomic mass is 10.2. The van der Waals surface area contributed by atoms with E-state index in [4.69, 9.17) is 11.6 Å². The second-order valence-corrected chi connectivity index (χ2v) is 5.84. The number of benzene rings is 2. The molecule has 0 atom stereocenters. The molecule has 0 unspecified atom stereocenters. The molecule has 0 aliphatic rings. The smallest absolute Gasteiger partial charge is 0.261 e. The van der Waals surface area contributed by atoms with Gasteiger partial charge < -0.3 is 0 Å². The fourth-order valence-electron chi connectivity index (χ4n) is 2.31. The minimum Gasteiger partial charge on any atom is -0.291 e. The summed E-state index contributed by atoms with van der Waals surface area (Å²) in [6.07, 6.45) is 0. The Kier molecular flexibility index (Phi) is 4.08. The summed E-state index contributed by atoms with van der Waals surface area (Å²) in [5, 5.41) is 1.94. The van der Waals surface area contributed by atoms with E-state index in [1.807, 2.05) is 36.4 Å². The number of aromatic nitrogens is 2. The lowest BCUT2D eigenvalue weighted by Crippen LogP contribution is -2.24. The van der Waals surface area contributed by atoms with Gasteiger partial charge >= 0.3 is 0 Å². The minimum atomic E-state index is -0.0324. The molecular weight excluding hydrogens is 352 g/mol. The van der Waals surface area contributed by atoms with E-state index in [0.717, 1.165) is 5.56 Å². The predicted octanol–water partition coefficient (Wildman–Crippen LogP) is 4.11. The van der Waals surface area contributed by atoms with Gasteiger partial charge in [-0.05, 0) is 24.3 Å². The number of fused-ring (bicyclic) bond motifs is 1. The normalized spacial score (nSPS) is 11.0. The van der Waals surface area contributed by atoms with Crippen molar-refractivity contribution < 1.29 is 0 Å². The van der Waals surface area contributed by atoms with Crippen LogP contribution in [0.3, 0.4) is 0 Å². The quantitative estimate of drug-likeness (QED) is 0.656. The van der Waals surface area contributed by atoms with Crippen LogP contribution in [-0.4, -0.2) is 14.9 Å². The lowest BCUT2D eigenvalue weighted by Gasteiger charge is -2.12. The molecule has 0 aliphatic heterocycles. The van der Waals surface area contributed by atoms with Gasteiger partial charge in [-0.2, -0.15) is 0 Å². The first-order valence-electron chi connectivity index (χ1n) is 6.52. The van der Waals surface area contributed by atoms with Crippen molar-refractivity contribution >= 4 is 38.4 Å². The van der Waals surface area contributed by atoms with Gasteiger partial charge in [-0.25, -0.2) is 4.98 Å². The molecule has 0 aliphatic carbocycles. The molecule has 21 heavy (non-hydrogen) atoms. The topological polar surface area (TPSA) is 34.9 Å². The molecule has 0 fully saturated rings. The van der Waals surface area contributed by atoms with Crippen molar-refractivity contribution in [2.75, 3.05) is 5.33 Å². The lowest BCUT2D eigenvalue weighted by molar-refractivity contribution is 0.739. The van der Waals surface area contributed by atoms with Gasteiger partial charge in [0.25, 0.3) is 5.56 Å². The van der Waals surface area contributed by atoms with Gasteiger partial charge in [0.1, 0.15) is 5.82 Å². The first kappa shape index (κ1) is 14.3. The van der Waals surface area contributed by atoms with Gasteiger partial charge in [0, 0.05) is 22.5 Å². The maximum atomic E-state index is 12.7. The molecule has 3 nitrogen and oxygen atoms in total. The Hall–Kier alpha value is -1.65. The Morgan fingerprint density at radius 2 is 1.95 bits per heavy atom. The third-order valence-electron chi connectivity index (χ3n) is 3.25. The molecule has 106 valence electrons. The zero-order valence-corrected chi connectivity index (χ0v) is 13.4. The van der Waals surface area contributed by atoms with Gasteiger partial charge in [0.2, 0.25) is 0 Å². The Morgan fingerprint density at radius 3 is 2.71 bits per heavy atom. The standard InChI is InChI=1S/C16H12BrClN2O/c17-8-9-20-15(11-4-3-5-12(18)10-11)19-14-7-2-1-6-13(14)16(20)21/h1-7,10H,8-9H2. The molecule has 0 saturated heterocycles. The van der Waals surface area contributed by atoms with Crippen molar-refractivity contribution in [2.45, 2.75) is 6.54 Å². The van der Waals surface area contributed by atoms with Crippen LogP contribution in [0.15, 0.2) is 53.3 Å². The molecule has 5 heteroatoms. The van der Waals surface area contributed by atoms with Crippen LogP contribution in [0.1, 0.15) is 0 Å². The Balaban J connectivity index is 2.35. The van der Waals surface area contributed by atoms with Crippen LogP contribution < -0.4 is 5.56 Å². The van der Waals surface area contributed by atoms with Crippen molar-refractivity contribution in [3.8, 4) is 11.4 Å². The molecule has 0 saturated carbocycles. The van der Waals surface area contributed by atoms with Crippen LogP contribution in [0.2, 0.25) is 5.02 Å². The van der Waals surface area contributed by atoms with E-state index in [-0.39, 0.29) is 5.56 Å². The molecule has 0 N–H and O–H groups in total. The minimum absolute atomic E-state index is 0.0324. The van der Waals surface area contributed by atoms with Crippen molar-refractivity contribution in [3.63, 3.8) is 0 Å². The molecule has 3 aromatic rings. The molecule has 0 bridgehead atoms. The first-order chi connectivity index (χ1) is 10.2.